The Labute approximate surface area is 424 Å². The molecule has 368 valence electrons. The highest BCUT2D eigenvalue weighted by Crippen LogP contribution is 2.36. The van der Waals surface area contributed by atoms with Gasteiger partial charge >= 0.3 is 0 Å². The van der Waals surface area contributed by atoms with Gasteiger partial charge in [0, 0.05) is 57.2 Å². The third-order valence-electron chi connectivity index (χ3n) is 12.8. The van der Waals surface area contributed by atoms with Gasteiger partial charge in [-0.2, -0.15) is 0 Å². The van der Waals surface area contributed by atoms with Crippen LogP contribution < -0.4 is 40.5 Å². The first-order valence-corrected chi connectivity index (χ1v) is 25.6. The standard InChI is InChI=1S/C27H26N6O4S.C25H26N6O2S/c34-25-24(38-27(35)32-25)13-19-6-9-29-26(31-19)33-10-7-17(8-11-33)14-28-15-20-2-1-3-21(30-20)18-4-5-22-23(12-18)37-16-36-22;32-23-22(34-25(33)30-23)14-19-8-11-27-24(29-19)31-12-9-17(10-13-31)15-26-16-20-6-3-7-21(28-20)18-4-1-2-5-18/h1-6,9,12-13,17,28H,7-8,10-11,14-16H2,(H,32,34,35);1-4,6-8,11,14,17,26H,5,9-10,12-13,15-16H2,(H,30,32,33)/b24-13-;22-14-. The molecule has 1 aliphatic carbocycles. The number of pyridine rings is 2. The summed E-state index contributed by atoms with van der Waals surface area (Å²) in [5.74, 6) is 3.21. The van der Waals surface area contributed by atoms with Crippen molar-refractivity contribution < 1.29 is 28.7 Å². The lowest BCUT2D eigenvalue weighted by molar-refractivity contribution is -0.116. The fourth-order valence-electron chi connectivity index (χ4n) is 8.97. The van der Waals surface area contributed by atoms with Crippen molar-refractivity contribution in [1.82, 2.24) is 51.2 Å². The minimum absolute atomic E-state index is 0.259. The van der Waals surface area contributed by atoms with Crippen molar-refractivity contribution in [2.24, 2.45) is 11.8 Å². The summed E-state index contributed by atoms with van der Waals surface area (Å²) in [6.45, 7) is 7.08. The number of thioether (sulfide) groups is 2. The van der Waals surface area contributed by atoms with Gasteiger partial charge in [0.25, 0.3) is 22.3 Å². The molecular formula is C52H52N12O6S2. The molecule has 6 aliphatic rings. The van der Waals surface area contributed by atoms with Gasteiger partial charge in [0.1, 0.15) is 0 Å². The third kappa shape index (κ3) is 12.4. The largest absolute Gasteiger partial charge is 0.454 e. The zero-order chi connectivity index (χ0) is 49.2. The molecule has 18 nitrogen and oxygen atoms in total. The van der Waals surface area contributed by atoms with Gasteiger partial charge in [-0.3, -0.25) is 39.8 Å². The zero-order valence-electron chi connectivity index (χ0n) is 39.3. The summed E-state index contributed by atoms with van der Waals surface area (Å²) in [4.78, 5) is 79.0. The number of hydrogen-bond donors (Lipinski definition) is 4. The van der Waals surface area contributed by atoms with E-state index in [-0.39, 0.29) is 29.1 Å². The molecule has 11 rings (SSSR count). The number of carbonyl (C=O) groups excluding carboxylic acids is 4. The number of piperidine rings is 2. The Hall–Kier alpha value is -7.26. The normalized spacial score (nSPS) is 19.0. The van der Waals surface area contributed by atoms with E-state index in [0.29, 0.717) is 51.5 Å². The molecule has 0 atom stereocenters. The molecule has 0 unspecified atom stereocenters. The number of hydrogen-bond acceptors (Lipinski definition) is 18. The predicted molar refractivity (Wildman–Crippen MR) is 277 cm³/mol. The second kappa shape index (κ2) is 22.9. The Kier molecular flexibility index (Phi) is 15.4. The summed E-state index contributed by atoms with van der Waals surface area (Å²) in [6.07, 6.45) is 18.1. The fourth-order valence-corrected chi connectivity index (χ4v) is 10.3. The van der Waals surface area contributed by atoms with Crippen LogP contribution in [0.25, 0.3) is 29.0 Å². The van der Waals surface area contributed by atoms with Crippen molar-refractivity contribution in [3.05, 3.63) is 136 Å². The van der Waals surface area contributed by atoms with Crippen LogP contribution in [0.2, 0.25) is 0 Å². The predicted octanol–water partition coefficient (Wildman–Crippen LogP) is 7.14. The number of amides is 4. The van der Waals surface area contributed by atoms with Crippen LogP contribution in [0.4, 0.5) is 21.5 Å². The molecule has 0 spiro atoms. The van der Waals surface area contributed by atoms with Gasteiger partial charge in [0.2, 0.25) is 18.7 Å². The van der Waals surface area contributed by atoms with E-state index < -0.39 is 0 Å². The molecule has 4 aromatic heterocycles. The smallest absolute Gasteiger partial charge is 0.290 e. The number of fused-ring (bicyclic) bond motifs is 1. The maximum absolute atomic E-state index is 11.8. The van der Waals surface area contributed by atoms with Crippen molar-refractivity contribution >= 4 is 75.4 Å². The van der Waals surface area contributed by atoms with E-state index in [4.69, 9.17) is 19.4 Å². The summed E-state index contributed by atoms with van der Waals surface area (Å²) in [5, 5.41) is 11.0. The number of nitrogens with one attached hydrogen (secondary N) is 4. The van der Waals surface area contributed by atoms with E-state index in [9.17, 15) is 19.2 Å². The molecule has 4 saturated heterocycles. The average molecular weight is 1010 g/mol. The Bertz CT molecular complexity index is 2990. The maximum atomic E-state index is 11.8. The topological polar surface area (TPSA) is 219 Å². The molecule has 4 amide bonds. The Morgan fingerprint density at radius 2 is 1.18 bits per heavy atom. The van der Waals surface area contributed by atoms with Crippen LogP contribution in [0.1, 0.15) is 60.6 Å². The van der Waals surface area contributed by atoms with Crippen LogP contribution in [0, 0.1) is 11.8 Å². The molecule has 9 heterocycles. The first kappa shape index (κ1) is 48.4. The molecule has 0 bridgehead atoms. The van der Waals surface area contributed by atoms with Crippen LogP contribution in [0.15, 0.2) is 107 Å². The highest BCUT2D eigenvalue weighted by Gasteiger charge is 2.28. The summed E-state index contributed by atoms with van der Waals surface area (Å²) < 4.78 is 10.9. The second-order valence-corrected chi connectivity index (χ2v) is 19.8. The number of ether oxygens (including phenoxy) is 2. The number of imide groups is 2. The van der Waals surface area contributed by atoms with E-state index >= 15 is 0 Å². The summed E-state index contributed by atoms with van der Waals surface area (Å²) in [6, 6.07) is 21.7. The minimum atomic E-state index is -0.386. The molecule has 5 aliphatic heterocycles. The van der Waals surface area contributed by atoms with Crippen LogP contribution in [0.3, 0.4) is 0 Å². The summed E-state index contributed by atoms with van der Waals surface area (Å²) in [5.41, 5.74) is 7.55. The lowest BCUT2D eigenvalue weighted by atomic mass is 9.97. The Morgan fingerprint density at radius 1 is 0.639 bits per heavy atom. The zero-order valence-corrected chi connectivity index (χ0v) is 40.9. The SMILES string of the molecule is O=C1NC(=O)/C(=C/c2ccnc(N3CCC(CNCc4cccc(-c5ccc6c(c5)OCO6)n4)CC3)n2)S1.O=C1NC(=O)/C(=C/c2ccnc(N3CCC(CNCc4cccc(C5=CC=CC5)n4)CC3)n2)S1. The molecule has 72 heavy (non-hydrogen) atoms. The number of allylic oxidation sites excluding steroid dienone is 4. The van der Waals surface area contributed by atoms with E-state index in [1.807, 2.05) is 36.4 Å². The minimum Gasteiger partial charge on any atom is -0.454 e. The Morgan fingerprint density at radius 3 is 1.71 bits per heavy atom. The summed E-state index contributed by atoms with van der Waals surface area (Å²) >= 11 is 1.78. The highest BCUT2D eigenvalue weighted by atomic mass is 32.2. The first-order chi connectivity index (χ1) is 35.2. The van der Waals surface area contributed by atoms with Gasteiger partial charge in [0.15, 0.2) is 11.5 Å². The van der Waals surface area contributed by atoms with Gasteiger partial charge in [0.05, 0.1) is 44.0 Å². The van der Waals surface area contributed by atoms with Gasteiger partial charge < -0.3 is 29.9 Å². The highest BCUT2D eigenvalue weighted by molar-refractivity contribution is 8.18. The van der Waals surface area contributed by atoms with Gasteiger partial charge in [-0.1, -0.05) is 30.4 Å². The lowest BCUT2D eigenvalue weighted by Crippen LogP contribution is -2.38. The van der Waals surface area contributed by atoms with E-state index in [1.165, 1.54) is 5.57 Å². The van der Waals surface area contributed by atoms with Gasteiger partial charge in [-0.15, -0.1) is 0 Å². The van der Waals surface area contributed by atoms with Gasteiger partial charge in [-0.05, 0) is 153 Å². The van der Waals surface area contributed by atoms with E-state index in [2.05, 4.69) is 87.4 Å². The van der Waals surface area contributed by atoms with E-state index in [0.717, 1.165) is 141 Å². The molecule has 5 aromatic rings. The monoisotopic (exact) mass is 1000 g/mol. The number of anilines is 2. The molecule has 4 fully saturated rings. The van der Waals surface area contributed by atoms with Gasteiger partial charge in [-0.25, -0.2) is 19.9 Å². The molecule has 0 radical (unpaired) electrons. The van der Waals surface area contributed by atoms with Crippen LogP contribution >= 0.6 is 23.5 Å². The number of benzene rings is 1. The van der Waals surface area contributed by atoms with Crippen molar-refractivity contribution in [2.45, 2.75) is 45.2 Å². The number of carbonyl (C=O) groups is 4. The third-order valence-corrected chi connectivity index (χ3v) is 14.4. The van der Waals surface area contributed by atoms with Crippen LogP contribution in [0.5, 0.6) is 11.5 Å². The van der Waals surface area contributed by atoms with Crippen molar-refractivity contribution in [2.75, 3.05) is 55.9 Å². The molecule has 4 N–H and O–H groups in total. The van der Waals surface area contributed by atoms with Crippen LogP contribution in [-0.2, 0) is 22.7 Å². The van der Waals surface area contributed by atoms with Crippen molar-refractivity contribution in [3.8, 4) is 22.8 Å². The molecular weight excluding hydrogens is 953 g/mol. The van der Waals surface area contributed by atoms with Crippen LogP contribution in [-0.4, -0.2) is 98.3 Å². The molecule has 0 saturated carbocycles. The number of aromatic nitrogens is 6. The lowest BCUT2D eigenvalue weighted by Gasteiger charge is -2.32. The van der Waals surface area contributed by atoms with Crippen molar-refractivity contribution in [1.29, 1.82) is 0 Å². The van der Waals surface area contributed by atoms with E-state index in [1.54, 1.807) is 36.7 Å². The fraction of sp³-hybridized carbons (Fsp3) is 0.308. The maximum Gasteiger partial charge on any atom is 0.290 e. The quantitative estimate of drug-likeness (QED) is 0.0813. The number of rotatable bonds is 14. The van der Waals surface area contributed by atoms with Crippen molar-refractivity contribution in [3.63, 3.8) is 0 Å². The average Bonchev–Trinajstić information content (AvgIpc) is 4.24. The summed E-state index contributed by atoms with van der Waals surface area (Å²) in [7, 11) is 0. The second-order valence-electron chi connectivity index (χ2n) is 17.8. The number of nitrogens with zero attached hydrogens (tertiary/aromatic N) is 8. The molecule has 20 heteroatoms. The Balaban J connectivity index is 0.000000167. The first-order valence-electron chi connectivity index (χ1n) is 24.0. The molecule has 1 aromatic carbocycles.